The smallest absolute Gasteiger partial charge is 0.0674 e. The van der Waals surface area contributed by atoms with E-state index in [2.05, 4.69) is 42.8 Å². The maximum Gasteiger partial charge on any atom is 0.0674 e. The van der Waals surface area contributed by atoms with Crippen LogP contribution in [0, 0.1) is 0 Å². The fourth-order valence-corrected chi connectivity index (χ4v) is 2.30. The van der Waals surface area contributed by atoms with Crippen LogP contribution in [0.4, 0.5) is 0 Å². The molecule has 1 fully saturated rings. The SMILES string of the molecule is CCc1ccc(C(C)N2CCO[C@@H](C)C2)cn1. The molecule has 1 aromatic heterocycles. The zero-order valence-corrected chi connectivity index (χ0v) is 11.0. The molecule has 2 heterocycles. The van der Waals surface area contributed by atoms with Gasteiger partial charge in [0.1, 0.15) is 0 Å². The molecule has 2 rings (SSSR count). The molecule has 0 aromatic carbocycles. The maximum atomic E-state index is 5.57. The molecule has 94 valence electrons. The van der Waals surface area contributed by atoms with Gasteiger partial charge in [0, 0.05) is 31.0 Å². The third-order valence-electron chi connectivity index (χ3n) is 3.51. The Morgan fingerprint density at radius 3 is 2.94 bits per heavy atom. The van der Waals surface area contributed by atoms with Gasteiger partial charge in [-0.15, -0.1) is 0 Å². The average Bonchev–Trinajstić information content (AvgIpc) is 2.38. The minimum Gasteiger partial charge on any atom is -0.376 e. The fraction of sp³-hybridized carbons (Fsp3) is 0.643. The van der Waals surface area contributed by atoms with Crippen molar-refractivity contribution in [3.05, 3.63) is 29.6 Å². The minimum absolute atomic E-state index is 0.342. The summed E-state index contributed by atoms with van der Waals surface area (Å²) in [5.74, 6) is 0. The molecule has 1 unspecified atom stereocenters. The molecule has 1 aliphatic rings. The van der Waals surface area contributed by atoms with E-state index in [9.17, 15) is 0 Å². The number of hydrogen-bond donors (Lipinski definition) is 0. The van der Waals surface area contributed by atoms with Crippen molar-refractivity contribution in [2.75, 3.05) is 19.7 Å². The van der Waals surface area contributed by atoms with Crippen LogP contribution in [-0.2, 0) is 11.2 Å². The van der Waals surface area contributed by atoms with Crippen molar-refractivity contribution in [1.29, 1.82) is 0 Å². The highest BCUT2D eigenvalue weighted by Crippen LogP contribution is 2.22. The van der Waals surface area contributed by atoms with E-state index in [0.717, 1.165) is 31.8 Å². The first kappa shape index (κ1) is 12.5. The molecule has 0 bridgehead atoms. The maximum absolute atomic E-state index is 5.57. The topological polar surface area (TPSA) is 25.4 Å². The number of aryl methyl sites for hydroxylation is 1. The van der Waals surface area contributed by atoms with Gasteiger partial charge < -0.3 is 4.74 Å². The Morgan fingerprint density at radius 1 is 1.53 bits per heavy atom. The van der Waals surface area contributed by atoms with Gasteiger partial charge in [0.2, 0.25) is 0 Å². The Labute approximate surface area is 104 Å². The van der Waals surface area contributed by atoms with Gasteiger partial charge in [0.15, 0.2) is 0 Å². The average molecular weight is 234 g/mol. The first-order valence-electron chi connectivity index (χ1n) is 6.51. The van der Waals surface area contributed by atoms with Gasteiger partial charge in [-0.3, -0.25) is 9.88 Å². The van der Waals surface area contributed by atoms with E-state index in [1.165, 1.54) is 5.56 Å². The minimum atomic E-state index is 0.342. The van der Waals surface area contributed by atoms with Crippen LogP contribution in [0.3, 0.4) is 0 Å². The Kier molecular flexibility index (Phi) is 4.13. The monoisotopic (exact) mass is 234 g/mol. The second-order valence-electron chi connectivity index (χ2n) is 4.79. The van der Waals surface area contributed by atoms with E-state index in [1.54, 1.807) is 0 Å². The highest BCUT2D eigenvalue weighted by Gasteiger charge is 2.22. The lowest BCUT2D eigenvalue weighted by atomic mass is 10.1. The number of aromatic nitrogens is 1. The van der Waals surface area contributed by atoms with Crippen LogP contribution in [0.15, 0.2) is 18.3 Å². The molecule has 0 amide bonds. The third kappa shape index (κ3) is 3.05. The number of ether oxygens (including phenoxy) is 1. The lowest BCUT2D eigenvalue weighted by Crippen LogP contribution is -2.42. The summed E-state index contributed by atoms with van der Waals surface area (Å²) in [5, 5.41) is 0. The third-order valence-corrected chi connectivity index (χ3v) is 3.51. The summed E-state index contributed by atoms with van der Waals surface area (Å²) < 4.78 is 5.57. The normalized spacial score (nSPS) is 23.6. The van der Waals surface area contributed by atoms with Gasteiger partial charge in [0.25, 0.3) is 0 Å². The van der Waals surface area contributed by atoms with Crippen molar-refractivity contribution in [2.45, 2.75) is 39.3 Å². The van der Waals surface area contributed by atoms with Gasteiger partial charge in [-0.25, -0.2) is 0 Å². The fourth-order valence-electron chi connectivity index (χ4n) is 2.30. The molecule has 17 heavy (non-hydrogen) atoms. The van der Waals surface area contributed by atoms with E-state index < -0.39 is 0 Å². The van der Waals surface area contributed by atoms with Gasteiger partial charge >= 0.3 is 0 Å². The molecule has 1 aliphatic heterocycles. The molecule has 0 N–H and O–H groups in total. The Morgan fingerprint density at radius 2 is 2.35 bits per heavy atom. The highest BCUT2D eigenvalue weighted by atomic mass is 16.5. The molecule has 3 heteroatoms. The van der Waals surface area contributed by atoms with Crippen LogP contribution in [-0.4, -0.2) is 35.7 Å². The molecule has 0 aliphatic carbocycles. The van der Waals surface area contributed by atoms with E-state index in [0.29, 0.717) is 12.1 Å². The van der Waals surface area contributed by atoms with E-state index >= 15 is 0 Å². The molecule has 3 nitrogen and oxygen atoms in total. The van der Waals surface area contributed by atoms with Crippen molar-refractivity contribution >= 4 is 0 Å². The van der Waals surface area contributed by atoms with Crippen molar-refractivity contribution in [2.24, 2.45) is 0 Å². The highest BCUT2D eigenvalue weighted by molar-refractivity contribution is 5.17. The predicted molar refractivity (Wildman–Crippen MR) is 69.0 cm³/mol. The van der Waals surface area contributed by atoms with E-state index in [-0.39, 0.29) is 0 Å². The van der Waals surface area contributed by atoms with Crippen LogP contribution >= 0.6 is 0 Å². The van der Waals surface area contributed by atoms with Gasteiger partial charge in [-0.2, -0.15) is 0 Å². The first-order chi connectivity index (χ1) is 8.20. The predicted octanol–water partition coefficient (Wildman–Crippen LogP) is 2.43. The first-order valence-corrected chi connectivity index (χ1v) is 6.51. The van der Waals surface area contributed by atoms with Crippen molar-refractivity contribution < 1.29 is 4.74 Å². The van der Waals surface area contributed by atoms with Gasteiger partial charge in [-0.05, 0) is 31.9 Å². The summed E-state index contributed by atoms with van der Waals surface area (Å²) in [5.41, 5.74) is 2.47. The largest absolute Gasteiger partial charge is 0.376 e. The second-order valence-corrected chi connectivity index (χ2v) is 4.79. The van der Waals surface area contributed by atoms with Crippen LogP contribution in [0.2, 0.25) is 0 Å². The van der Waals surface area contributed by atoms with Crippen LogP contribution in [0.1, 0.15) is 38.1 Å². The summed E-state index contributed by atoms with van der Waals surface area (Å²) >= 11 is 0. The molecular weight excluding hydrogens is 212 g/mol. The number of nitrogens with zero attached hydrogens (tertiary/aromatic N) is 2. The zero-order chi connectivity index (χ0) is 12.3. The van der Waals surface area contributed by atoms with E-state index in [4.69, 9.17) is 4.74 Å². The van der Waals surface area contributed by atoms with Gasteiger partial charge in [0.05, 0.1) is 12.7 Å². The van der Waals surface area contributed by atoms with Gasteiger partial charge in [-0.1, -0.05) is 13.0 Å². The number of pyridine rings is 1. The van der Waals surface area contributed by atoms with Crippen LogP contribution in [0.25, 0.3) is 0 Å². The Bertz CT molecular complexity index is 350. The zero-order valence-electron chi connectivity index (χ0n) is 11.0. The molecule has 0 saturated carbocycles. The van der Waals surface area contributed by atoms with Crippen LogP contribution in [0.5, 0.6) is 0 Å². The second kappa shape index (κ2) is 5.61. The number of hydrogen-bond acceptors (Lipinski definition) is 3. The molecule has 1 saturated heterocycles. The molecule has 0 radical (unpaired) electrons. The number of rotatable bonds is 3. The van der Waals surface area contributed by atoms with Crippen LogP contribution < -0.4 is 0 Å². The summed E-state index contributed by atoms with van der Waals surface area (Å²) in [7, 11) is 0. The summed E-state index contributed by atoms with van der Waals surface area (Å²) in [4.78, 5) is 6.94. The van der Waals surface area contributed by atoms with Crippen molar-refractivity contribution in [3.8, 4) is 0 Å². The molecule has 0 spiro atoms. The molecular formula is C14H22N2O. The lowest BCUT2D eigenvalue weighted by molar-refractivity contribution is -0.0320. The number of morpholine rings is 1. The summed E-state index contributed by atoms with van der Waals surface area (Å²) in [6, 6.07) is 4.77. The van der Waals surface area contributed by atoms with E-state index in [1.807, 2.05) is 6.20 Å². The standard InChI is InChI=1S/C14H22N2O/c1-4-14-6-5-13(9-15-14)12(3)16-7-8-17-11(2)10-16/h5-6,9,11-12H,4,7-8,10H2,1-3H3/t11-,12?/m0/s1. The Balaban J connectivity index is 2.04. The lowest BCUT2D eigenvalue weighted by Gasteiger charge is -2.35. The van der Waals surface area contributed by atoms with Crippen molar-refractivity contribution in [1.82, 2.24) is 9.88 Å². The molecule has 1 aromatic rings. The summed E-state index contributed by atoms with van der Waals surface area (Å²) in [6.07, 6.45) is 3.36. The quantitative estimate of drug-likeness (QED) is 0.803. The molecule has 2 atom stereocenters. The Hall–Kier alpha value is -0.930. The summed E-state index contributed by atoms with van der Waals surface area (Å²) in [6.45, 7) is 9.39. The van der Waals surface area contributed by atoms with Crippen molar-refractivity contribution in [3.63, 3.8) is 0 Å².